The van der Waals surface area contributed by atoms with Crippen LogP contribution >= 0.6 is 0 Å². The summed E-state index contributed by atoms with van der Waals surface area (Å²) in [6.07, 6.45) is 3.79. The van der Waals surface area contributed by atoms with Crippen molar-refractivity contribution in [1.29, 1.82) is 0 Å². The number of amides is 2. The summed E-state index contributed by atoms with van der Waals surface area (Å²) in [5, 5.41) is 2.98. The van der Waals surface area contributed by atoms with E-state index in [1.165, 1.54) is 0 Å². The van der Waals surface area contributed by atoms with Gasteiger partial charge in [-0.2, -0.15) is 0 Å². The second kappa shape index (κ2) is 10.5. The maximum atomic E-state index is 12.9. The standard InChI is InChI=1S/C23H30N2O2/c1-4-6-14-19(5-2)22(26)24-21-16-11-10-15-20(21)23(27)25(3)17-18-12-8-7-9-13-18/h7-13,15-16,19H,4-6,14,17H2,1-3H3,(H,24,26). The van der Waals surface area contributed by atoms with E-state index in [1.54, 1.807) is 24.1 Å². The van der Waals surface area contributed by atoms with Crippen molar-refractivity contribution in [3.63, 3.8) is 0 Å². The minimum Gasteiger partial charge on any atom is -0.337 e. The molecule has 2 aromatic carbocycles. The molecule has 0 fully saturated rings. The van der Waals surface area contributed by atoms with Crippen molar-refractivity contribution in [3.05, 3.63) is 65.7 Å². The van der Waals surface area contributed by atoms with Gasteiger partial charge in [-0.15, -0.1) is 0 Å². The Labute approximate surface area is 162 Å². The van der Waals surface area contributed by atoms with Crippen LogP contribution in [-0.2, 0) is 11.3 Å². The van der Waals surface area contributed by atoms with Gasteiger partial charge >= 0.3 is 0 Å². The van der Waals surface area contributed by atoms with Crippen molar-refractivity contribution in [2.24, 2.45) is 5.92 Å². The molecule has 0 aromatic heterocycles. The molecule has 0 radical (unpaired) electrons. The predicted molar refractivity (Wildman–Crippen MR) is 111 cm³/mol. The van der Waals surface area contributed by atoms with Gasteiger partial charge in [0.1, 0.15) is 0 Å². The van der Waals surface area contributed by atoms with Crippen molar-refractivity contribution >= 4 is 17.5 Å². The van der Waals surface area contributed by atoms with E-state index in [1.807, 2.05) is 49.4 Å². The molecule has 4 heteroatoms. The highest BCUT2D eigenvalue weighted by molar-refractivity contribution is 6.04. The summed E-state index contributed by atoms with van der Waals surface area (Å²) in [7, 11) is 1.78. The molecule has 144 valence electrons. The van der Waals surface area contributed by atoms with E-state index in [0.29, 0.717) is 17.8 Å². The SMILES string of the molecule is CCCCC(CC)C(=O)Nc1ccccc1C(=O)N(C)Cc1ccccc1. The summed E-state index contributed by atoms with van der Waals surface area (Å²) >= 11 is 0. The highest BCUT2D eigenvalue weighted by Gasteiger charge is 2.20. The summed E-state index contributed by atoms with van der Waals surface area (Å²) in [5.74, 6) is -0.122. The summed E-state index contributed by atoms with van der Waals surface area (Å²) in [6.45, 7) is 4.68. The molecule has 0 bridgehead atoms. The Morgan fingerprint density at radius 2 is 1.67 bits per heavy atom. The molecule has 0 aliphatic carbocycles. The third-order valence-electron chi connectivity index (χ3n) is 4.79. The molecule has 0 spiro atoms. The molecular weight excluding hydrogens is 336 g/mol. The highest BCUT2D eigenvalue weighted by atomic mass is 16.2. The number of nitrogens with zero attached hydrogens (tertiary/aromatic N) is 1. The Morgan fingerprint density at radius 1 is 1.00 bits per heavy atom. The molecule has 0 saturated heterocycles. The molecule has 1 unspecified atom stereocenters. The molecule has 1 atom stereocenters. The molecule has 0 aliphatic rings. The first-order valence-electron chi connectivity index (χ1n) is 9.76. The monoisotopic (exact) mass is 366 g/mol. The van der Waals surface area contributed by atoms with Crippen molar-refractivity contribution in [2.75, 3.05) is 12.4 Å². The van der Waals surface area contributed by atoms with Crippen LogP contribution in [0.25, 0.3) is 0 Å². The molecule has 0 heterocycles. The van der Waals surface area contributed by atoms with Gasteiger partial charge in [0.15, 0.2) is 0 Å². The smallest absolute Gasteiger partial charge is 0.256 e. The zero-order valence-corrected chi connectivity index (χ0v) is 16.6. The van der Waals surface area contributed by atoms with Gasteiger partial charge in [0.05, 0.1) is 11.3 Å². The number of carbonyl (C=O) groups excluding carboxylic acids is 2. The fourth-order valence-corrected chi connectivity index (χ4v) is 3.12. The Hall–Kier alpha value is -2.62. The number of hydrogen-bond acceptors (Lipinski definition) is 2. The first-order chi connectivity index (χ1) is 13.1. The molecule has 0 aliphatic heterocycles. The first-order valence-corrected chi connectivity index (χ1v) is 9.76. The van der Waals surface area contributed by atoms with E-state index in [2.05, 4.69) is 12.2 Å². The van der Waals surface area contributed by atoms with Crippen LogP contribution in [0.3, 0.4) is 0 Å². The van der Waals surface area contributed by atoms with Crippen molar-refractivity contribution < 1.29 is 9.59 Å². The molecule has 2 aromatic rings. The molecule has 4 nitrogen and oxygen atoms in total. The zero-order valence-electron chi connectivity index (χ0n) is 16.6. The normalized spacial score (nSPS) is 11.7. The van der Waals surface area contributed by atoms with E-state index in [4.69, 9.17) is 0 Å². The van der Waals surface area contributed by atoms with E-state index < -0.39 is 0 Å². The van der Waals surface area contributed by atoms with Crippen LogP contribution in [0.5, 0.6) is 0 Å². The topological polar surface area (TPSA) is 49.4 Å². The third kappa shape index (κ3) is 5.95. The van der Waals surface area contributed by atoms with E-state index in [0.717, 1.165) is 31.2 Å². The summed E-state index contributed by atoms with van der Waals surface area (Å²) in [5.41, 5.74) is 2.18. The van der Waals surface area contributed by atoms with Gasteiger partial charge in [0.25, 0.3) is 5.91 Å². The van der Waals surface area contributed by atoms with Crippen LogP contribution in [0.15, 0.2) is 54.6 Å². The molecule has 2 rings (SSSR count). The second-order valence-electron chi connectivity index (χ2n) is 6.93. The van der Waals surface area contributed by atoms with Crippen molar-refractivity contribution in [2.45, 2.75) is 46.1 Å². The highest BCUT2D eigenvalue weighted by Crippen LogP contribution is 2.21. The largest absolute Gasteiger partial charge is 0.337 e. The number of carbonyl (C=O) groups is 2. The van der Waals surface area contributed by atoms with Crippen LogP contribution in [-0.4, -0.2) is 23.8 Å². The summed E-state index contributed by atoms with van der Waals surface area (Å²) in [4.78, 5) is 27.3. The van der Waals surface area contributed by atoms with Crippen molar-refractivity contribution in [1.82, 2.24) is 4.90 Å². The summed E-state index contributed by atoms with van der Waals surface area (Å²) < 4.78 is 0. The Balaban J connectivity index is 2.12. The lowest BCUT2D eigenvalue weighted by atomic mass is 9.98. The average Bonchev–Trinajstić information content (AvgIpc) is 2.69. The van der Waals surface area contributed by atoms with Gasteiger partial charge in [-0.25, -0.2) is 0 Å². The molecular formula is C23H30N2O2. The second-order valence-corrected chi connectivity index (χ2v) is 6.93. The number of rotatable bonds is 9. The Kier molecular flexibility index (Phi) is 8.05. The zero-order chi connectivity index (χ0) is 19.6. The minimum atomic E-state index is -0.101. The van der Waals surface area contributed by atoms with Crippen molar-refractivity contribution in [3.8, 4) is 0 Å². The number of unbranched alkanes of at least 4 members (excludes halogenated alkanes) is 1. The quantitative estimate of drug-likeness (QED) is 0.670. The molecule has 27 heavy (non-hydrogen) atoms. The van der Waals surface area contributed by atoms with Crippen LogP contribution < -0.4 is 5.32 Å². The third-order valence-corrected chi connectivity index (χ3v) is 4.79. The maximum Gasteiger partial charge on any atom is 0.256 e. The lowest BCUT2D eigenvalue weighted by Gasteiger charge is -2.20. The van der Waals surface area contributed by atoms with E-state index >= 15 is 0 Å². The van der Waals surface area contributed by atoms with Crippen LogP contribution in [0.2, 0.25) is 0 Å². The number of para-hydroxylation sites is 1. The van der Waals surface area contributed by atoms with Crippen LogP contribution in [0.4, 0.5) is 5.69 Å². The van der Waals surface area contributed by atoms with Gasteiger partial charge in [-0.05, 0) is 30.5 Å². The molecule has 1 N–H and O–H groups in total. The van der Waals surface area contributed by atoms with E-state index in [-0.39, 0.29) is 17.7 Å². The van der Waals surface area contributed by atoms with Crippen LogP contribution in [0, 0.1) is 5.92 Å². The molecule has 0 saturated carbocycles. The fourth-order valence-electron chi connectivity index (χ4n) is 3.12. The van der Waals surface area contributed by atoms with Crippen LogP contribution in [0.1, 0.15) is 55.5 Å². The van der Waals surface area contributed by atoms with E-state index in [9.17, 15) is 9.59 Å². The number of anilines is 1. The number of hydrogen-bond donors (Lipinski definition) is 1. The number of nitrogens with one attached hydrogen (secondary N) is 1. The maximum absolute atomic E-state index is 12.9. The minimum absolute atomic E-state index is 0.00286. The van der Waals surface area contributed by atoms with Gasteiger partial charge in [0, 0.05) is 19.5 Å². The Bertz CT molecular complexity index is 743. The molecule has 2 amide bonds. The van der Waals surface area contributed by atoms with Gasteiger partial charge < -0.3 is 10.2 Å². The lowest BCUT2D eigenvalue weighted by molar-refractivity contribution is -0.120. The fraction of sp³-hybridized carbons (Fsp3) is 0.391. The van der Waals surface area contributed by atoms with Gasteiger partial charge in [-0.1, -0.05) is 69.2 Å². The van der Waals surface area contributed by atoms with Gasteiger partial charge in [0.2, 0.25) is 5.91 Å². The average molecular weight is 367 g/mol. The lowest BCUT2D eigenvalue weighted by Crippen LogP contribution is -2.28. The first kappa shape index (κ1) is 20.7. The predicted octanol–water partition coefficient (Wildman–Crippen LogP) is 5.11. The van der Waals surface area contributed by atoms with Gasteiger partial charge in [-0.3, -0.25) is 9.59 Å². The number of benzene rings is 2. The summed E-state index contributed by atoms with van der Waals surface area (Å²) in [6, 6.07) is 17.1. The Morgan fingerprint density at radius 3 is 2.33 bits per heavy atom.